The van der Waals surface area contributed by atoms with E-state index in [4.69, 9.17) is 11.8 Å². The second kappa shape index (κ2) is 5.97. The van der Waals surface area contributed by atoms with E-state index in [1.54, 1.807) is 22.8 Å². The lowest BCUT2D eigenvalue weighted by atomic mass is 10.1. The molecule has 0 fully saturated rings. The number of aromatic hydroxyl groups is 1. The summed E-state index contributed by atoms with van der Waals surface area (Å²) in [4.78, 5) is 4.83. The maximum Gasteiger partial charge on any atom is 0.220 e. The fraction of sp³-hybridized carbons (Fsp3) is 0. The Kier molecular flexibility index (Phi) is 2.41. The molecule has 2 aromatic heterocycles. The molecule has 0 unspecified atom stereocenters. The minimum absolute atomic E-state index is 0.0146. The Bertz CT molecular complexity index is 1760. The van der Waals surface area contributed by atoms with E-state index in [0.717, 1.165) is 16.3 Å². The van der Waals surface area contributed by atoms with Gasteiger partial charge >= 0.3 is 0 Å². The van der Waals surface area contributed by atoms with E-state index in [-0.39, 0.29) is 23.5 Å². The number of hydrogen-bond acceptors (Lipinski definition) is 2. The van der Waals surface area contributed by atoms with Gasteiger partial charge in [-0.1, -0.05) is 48.5 Å². The number of benzene rings is 4. The van der Waals surface area contributed by atoms with E-state index in [9.17, 15) is 5.11 Å². The minimum atomic E-state index is -0.452. The maximum absolute atomic E-state index is 10.3. The zero-order valence-electron chi connectivity index (χ0n) is 20.1. The molecule has 4 aromatic carbocycles. The second-order valence-corrected chi connectivity index (χ2v) is 6.76. The van der Waals surface area contributed by atoms with Crippen LogP contribution in [0.1, 0.15) is 6.85 Å². The second-order valence-electron chi connectivity index (χ2n) is 6.76. The first-order valence-electron chi connectivity index (χ1n) is 11.7. The predicted octanol–water partition coefficient (Wildman–Crippen LogP) is 5.83. The van der Waals surface area contributed by atoms with Crippen molar-refractivity contribution in [3.8, 4) is 17.4 Å². The van der Waals surface area contributed by atoms with Crippen LogP contribution in [-0.4, -0.2) is 19.2 Å². The molecule has 0 amide bonds. The van der Waals surface area contributed by atoms with Crippen LogP contribution >= 0.6 is 0 Å². The van der Waals surface area contributed by atoms with Gasteiger partial charge in [0.25, 0.3) is 0 Å². The van der Waals surface area contributed by atoms with Gasteiger partial charge in [0.2, 0.25) is 5.95 Å². The van der Waals surface area contributed by atoms with Gasteiger partial charge in [-0.15, -0.1) is 0 Å². The summed E-state index contributed by atoms with van der Waals surface area (Å²) in [5, 5.41) is 12.1. The zero-order chi connectivity index (χ0) is 23.7. The van der Waals surface area contributed by atoms with Crippen LogP contribution in [0, 0.1) is 0 Å². The molecule has 1 N–H and O–H groups in total. The molecule has 4 nitrogen and oxygen atoms in total. The predicted molar refractivity (Wildman–Crippen MR) is 117 cm³/mol. The van der Waals surface area contributed by atoms with Crippen LogP contribution in [0.15, 0.2) is 96.9 Å². The van der Waals surface area contributed by atoms with Gasteiger partial charge in [0.05, 0.1) is 28.9 Å². The summed E-state index contributed by atoms with van der Waals surface area (Å²) in [7, 11) is 0. The molecule has 29 heavy (non-hydrogen) atoms. The molecule has 0 saturated heterocycles. The Labute approximate surface area is 173 Å². The van der Waals surface area contributed by atoms with E-state index >= 15 is 0 Å². The summed E-state index contributed by atoms with van der Waals surface area (Å²) in [6, 6.07) is 18.2. The van der Waals surface area contributed by atoms with Gasteiger partial charge in [0, 0.05) is 22.5 Å². The largest absolute Gasteiger partial charge is 0.508 e. The van der Waals surface area contributed by atoms with Crippen molar-refractivity contribution in [1.82, 2.24) is 14.1 Å². The molecule has 138 valence electrons. The van der Waals surface area contributed by atoms with Crippen LogP contribution in [0.2, 0.25) is 0 Å². The minimum Gasteiger partial charge on any atom is -0.508 e. The Morgan fingerprint density at radius 1 is 0.724 bits per heavy atom. The van der Waals surface area contributed by atoms with Crippen LogP contribution in [-0.2, 0) is 0 Å². The third kappa shape index (κ3) is 2.29. The third-order valence-corrected chi connectivity index (χ3v) is 5.11. The number of nitrogens with zero attached hydrogens (tertiary/aromatic N) is 3. The number of phenolic OH excluding ortho intramolecular Hbond substituents is 1. The number of aromatic nitrogens is 3. The van der Waals surface area contributed by atoms with Crippen LogP contribution < -0.4 is 0 Å². The molecular weight excluding hydrogens is 358 g/mol. The highest BCUT2D eigenvalue weighted by molar-refractivity contribution is 6.09. The number of para-hydroxylation sites is 4. The summed E-state index contributed by atoms with van der Waals surface area (Å²) in [6.45, 7) is 0. The highest BCUT2D eigenvalue weighted by Gasteiger charge is 2.19. The Morgan fingerprint density at radius 2 is 1.45 bits per heavy atom. The topological polar surface area (TPSA) is 43.0 Å². The normalized spacial score (nSPS) is 14.0. The summed E-state index contributed by atoms with van der Waals surface area (Å²) in [5.41, 5.74) is 2.72. The molecule has 0 spiro atoms. The molecular formula is C25H17N3O. The molecule has 6 rings (SSSR count). The maximum atomic E-state index is 10.3. The summed E-state index contributed by atoms with van der Waals surface area (Å²) >= 11 is 0. The van der Waals surface area contributed by atoms with Crippen molar-refractivity contribution >= 4 is 32.8 Å². The fourth-order valence-electron chi connectivity index (χ4n) is 3.91. The Hall–Kier alpha value is -4.05. The summed E-state index contributed by atoms with van der Waals surface area (Å²) in [5.74, 6) is 0.443. The molecule has 0 radical (unpaired) electrons. The quantitative estimate of drug-likeness (QED) is 0.411. The van der Waals surface area contributed by atoms with Gasteiger partial charge in [-0.25, -0.2) is 4.98 Å². The molecule has 0 aliphatic heterocycles. The average molecular weight is 380 g/mol. The third-order valence-electron chi connectivity index (χ3n) is 5.11. The first-order chi connectivity index (χ1) is 16.4. The number of hydrogen-bond donors (Lipinski definition) is 1. The van der Waals surface area contributed by atoms with Crippen LogP contribution in [0.25, 0.3) is 44.5 Å². The molecule has 6 aromatic rings. The highest BCUT2D eigenvalue weighted by atomic mass is 16.3. The highest BCUT2D eigenvalue weighted by Crippen LogP contribution is 2.35. The van der Waals surface area contributed by atoms with Gasteiger partial charge in [-0.05, 0) is 42.4 Å². The standard InChI is InChI=1S/C25H17N3O/c29-18-14-15-20-19-10-4-6-12-22(19)28(24(20)16-18)25-26-21-11-5-7-13-23(21)27(25)17-8-2-1-3-9-17/h1-16,29H/i1D,2D,3D,8D,9D. The van der Waals surface area contributed by atoms with Gasteiger partial charge in [-0.3, -0.25) is 9.13 Å². The molecule has 0 bridgehead atoms. The van der Waals surface area contributed by atoms with E-state index in [1.165, 1.54) is 0 Å². The summed E-state index contributed by atoms with van der Waals surface area (Å²) in [6.07, 6.45) is 0. The number of imidazole rings is 1. The van der Waals surface area contributed by atoms with E-state index in [2.05, 4.69) is 0 Å². The van der Waals surface area contributed by atoms with Crippen LogP contribution in [0.3, 0.4) is 0 Å². The van der Waals surface area contributed by atoms with Crippen LogP contribution in [0.4, 0.5) is 0 Å². The monoisotopic (exact) mass is 380 g/mol. The average Bonchev–Trinajstić information content (AvgIpc) is 3.37. The molecule has 4 heteroatoms. The van der Waals surface area contributed by atoms with Crippen LogP contribution in [0.5, 0.6) is 5.75 Å². The van der Waals surface area contributed by atoms with Crippen molar-refractivity contribution in [2.75, 3.05) is 0 Å². The SMILES string of the molecule is [2H]c1c([2H])c([2H])c(-n2c(-n3c4ccccc4c4ccc(O)cc43)nc3ccccc32)c([2H])c1[2H]. The van der Waals surface area contributed by atoms with Crippen molar-refractivity contribution in [1.29, 1.82) is 0 Å². The van der Waals surface area contributed by atoms with Crippen molar-refractivity contribution in [2.24, 2.45) is 0 Å². The van der Waals surface area contributed by atoms with Crippen molar-refractivity contribution in [3.63, 3.8) is 0 Å². The van der Waals surface area contributed by atoms with Gasteiger partial charge in [-0.2, -0.15) is 0 Å². The Balaban J connectivity index is 1.85. The van der Waals surface area contributed by atoms with Gasteiger partial charge < -0.3 is 5.11 Å². The zero-order valence-corrected chi connectivity index (χ0v) is 15.1. The molecule has 0 saturated carbocycles. The van der Waals surface area contributed by atoms with Gasteiger partial charge in [0.1, 0.15) is 5.75 Å². The molecule has 2 heterocycles. The fourth-order valence-corrected chi connectivity index (χ4v) is 3.91. The van der Waals surface area contributed by atoms with E-state index in [0.29, 0.717) is 22.5 Å². The number of phenols is 1. The lowest BCUT2D eigenvalue weighted by molar-refractivity contribution is 0.476. The first-order valence-corrected chi connectivity index (χ1v) is 9.16. The number of fused-ring (bicyclic) bond motifs is 4. The van der Waals surface area contributed by atoms with E-state index in [1.807, 2.05) is 53.1 Å². The number of rotatable bonds is 2. The molecule has 0 atom stereocenters. The Morgan fingerprint density at radius 3 is 2.31 bits per heavy atom. The lowest BCUT2D eigenvalue weighted by Gasteiger charge is -2.12. The van der Waals surface area contributed by atoms with Crippen molar-refractivity contribution < 1.29 is 12.0 Å². The summed E-state index contributed by atoms with van der Waals surface area (Å²) < 4.78 is 45.1. The smallest absolute Gasteiger partial charge is 0.220 e. The van der Waals surface area contributed by atoms with Crippen molar-refractivity contribution in [3.05, 3.63) is 96.9 Å². The van der Waals surface area contributed by atoms with Crippen molar-refractivity contribution in [2.45, 2.75) is 0 Å². The molecule has 0 aliphatic carbocycles. The first kappa shape index (κ1) is 11.7. The molecule has 0 aliphatic rings. The van der Waals surface area contributed by atoms with E-state index < -0.39 is 18.1 Å². The lowest BCUT2D eigenvalue weighted by Crippen LogP contribution is -2.05. The van der Waals surface area contributed by atoms with Gasteiger partial charge in [0.15, 0.2) is 0 Å².